The molecule has 139 valence electrons. The summed E-state index contributed by atoms with van der Waals surface area (Å²) in [4.78, 5) is 0. The monoisotopic (exact) mass is 387 g/mol. The van der Waals surface area contributed by atoms with Crippen LogP contribution in [0.2, 0.25) is 23.2 Å². The smallest absolute Gasteiger partial charge is 0.142 e. The van der Waals surface area contributed by atoms with Crippen molar-refractivity contribution in [3.63, 3.8) is 0 Å². The summed E-state index contributed by atoms with van der Waals surface area (Å²) in [5, 5.41) is 0.177. The van der Waals surface area contributed by atoms with E-state index in [0.717, 1.165) is 29.4 Å². The molecule has 2 aromatic carbocycles. The first kappa shape index (κ1) is 19.6. The van der Waals surface area contributed by atoms with E-state index in [1.165, 1.54) is 49.0 Å². The Morgan fingerprint density at radius 2 is 1.69 bits per heavy atom. The van der Waals surface area contributed by atoms with E-state index in [9.17, 15) is 4.39 Å². The normalized spacial score (nSPS) is 16.3. The third kappa shape index (κ3) is 5.44. The second kappa shape index (κ2) is 9.19. The molecule has 1 aliphatic rings. The summed E-state index contributed by atoms with van der Waals surface area (Å²) in [6, 6.07) is 18.1. The summed E-state index contributed by atoms with van der Waals surface area (Å²) in [5.74, 6) is 1.44. The van der Waals surface area contributed by atoms with Crippen molar-refractivity contribution < 1.29 is 4.39 Å². The van der Waals surface area contributed by atoms with Crippen molar-refractivity contribution in [1.29, 1.82) is 0 Å². The van der Waals surface area contributed by atoms with Crippen LogP contribution in [0.4, 0.5) is 4.39 Å². The van der Waals surface area contributed by atoms with Gasteiger partial charge >= 0.3 is 0 Å². The highest BCUT2D eigenvalue weighted by Crippen LogP contribution is 2.32. The Morgan fingerprint density at radius 1 is 1.04 bits per heavy atom. The quantitative estimate of drug-likeness (QED) is 0.446. The van der Waals surface area contributed by atoms with Gasteiger partial charge in [0.15, 0.2) is 0 Å². The van der Waals surface area contributed by atoms with E-state index >= 15 is 0 Å². The molecule has 0 spiro atoms. The lowest BCUT2D eigenvalue weighted by Gasteiger charge is -2.28. The number of halogens is 2. The highest BCUT2D eigenvalue weighted by molar-refractivity contribution is 6.59. The minimum absolute atomic E-state index is 0.0445. The number of hydrogen-bond acceptors (Lipinski definition) is 0. The lowest BCUT2D eigenvalue weighted by Crippen LogP contribution is -2.23. The van der Waals surface area contributed by atoms with Gasteiger partial charge in [-0.2, -0.15) is 0 Å². The van der Waals surface area contributed by atoms with E-state index in [2.05, 4.69) is 38.1 Å². The second-order valence-electron chi connectivity index (χ2n) is 8.16. The van der Waals surface area contributed by atoms with E-state index in [4.69, 9.17) is 11.6 Å². The molecule has 0 unspecified atom stereocenters. The molecule has 0 saturated carbocycles. The highest BCUT2D eigenvalue weighted by Gasteiger charge is 2.22. The van der Waals surface area contributed by atoms with Crippen LogP contribution in [0.3, 0.4) is 0 Å². The Labute approximate surface area is 164 Å². The molecule has 2 aromatic rings. The van der Waals surface area contributed by atoms with Crippen molar-refractivity contribution >= 4 is 20.4 Å². The predicted molar refractivity (Wildman–Crippen MR) is 113 cm³/mol. The van der Waals surface area contributed by atoms with Gasteiger partial charge in [-0.1, -0.05) is 86.8 Å². The first-order valence-electron chi connectivity index (χ1n) is 9.89. The fourth-order valence-electron chi connectivity index (χ4n) is 4.07. The summed E-state index contributed by atoms with van der Waals surface area (Å²) in [7, 11) is -0.0445. The van der Waals surface area contributed by atoms with Gasteiger partial charge in [-0.3, -0.25) is 0 Å². The SMILES string of the molecule is CC(C)C[Si]1CCC(CCc2ccc(-c3ccc(Cl)c(F)c3)cc2)CC1. The molecule has 1 heterocycles. The van der Waals surface area contributed by atoms with Gasteiger partial charge in [-0.05, 0) is 53.5 Å². The molecular weight excluding hydrogens is 359 g/mol. The van der Waals surface area contributed by atoms with Gasteiger partial charge in [-0.15, -0.1) is 0 Å². The van der Waals surface area contributed by atoms with Gasteiger partial charge in [0.25, 0.3) is 0 Å². The number of benzene rings is 2. The van der Waals surface area contributed by atoms with Gasteiger partial charge in [0.1, 0.15) is 5.82 Å². The molecule has 1 aliphatic heterocycles. The fourth-order valence-corrected chi connectivity index (χ4v) is 7.63. The standard InChI is InChI=1S/C23H29ClFSi/c1-17(2)16-26-13-11-19(12-14-26)4-3-18-5-7-20(8-6-18)21-9-10-22(24)23(25)15-21/h5-10,15,17,19H,3-4,11-14,16H2,1-2H3. The van der Waals surface area contributed by atoms with E-state index < -0.39 is 0 Å². The van der Waals surface area contributed by atoms with Gasteiger partial charge in [0.05, 0.1) is 5.02 Å². The Kier molecular flexibility index (Phi) is 6.94. The minimum atomic E-state index is -0.357. The van der Waals surface area contributed by atoms with Crippen LogP contribution < -0.4 is 0 Å². The lowest BCUT2D eigenvalue weighted by molar-refractivity contribution is 0.436. The highest BCUT2D eigenvalue weighted by atomic mass is 35.5. The molecule has 1 saturated heterocycles. The third-order valence-electron chi connectivity index (χ3n) is 5.56. The van der Waals surface area contributed by atoms with Crippen LogP contribution in [0.25, 0.3) is 11.1 Å². The molecule has 0 bridgehead atoms. The largest absolute Gasteiger partial charge is 0.205 e. The second-order valence-corrected chi connectivity index (χ2v) is 11.5. The Balaban J connectivity index is 1.50. The Morgan fingerprint density at radius 3 is 2.31 bits per heavy atom. The molecule has 0 N–H and O–H groups in total. The maximum atomic E-state index is 13.6. The van der Waals surface area contributed by atoms with Crippen molar-refractivity contribution in [3.8, 4) is 11.1 Å². The van der Waals surface area contributed by atoms with Crippen LogP contribution >= 0.6 is 11.6 Å². The van der Waals surface area contributed by atoms with Crippen molar-refractivity contribution in [2.24, 2.45) is 11.8 Å². The number of aryl methyl sites for hydroxylation is 1. The molecular formula is C23H29ClFSi. The fraction of sp³-hybridized carbons (Fsp3) is 0.478. The van der Waals surface area contributed by atoms with Gasteiger partial charge in [0.2, 0.25) is 0 Å². The number of hydrogen-bond donors (Lipinski definition) is 0. The van der Waals surface area contributed by atoms with Crippen LogP contribution in [0.1, 0.15) is 38.7 Å². The molecule has 26 heavy (non-hydrogen) atoms. The third-order valence-corrected chi connectivity index (χ3v) is 9.25. The molecule has 0 aromatic heterocycles. The van der Waals surface area contributed by atoms with Crippen molar-refractivity contribution in [2.45, 2.75) is 57.7 Å². The Bertz CT molecular complexity index is 703. The van der Waals surface area contributed by atoms with Crippen molar-refractivity contribution in [2.75, 3.05) is 0 Å². The van der Waals surface area contributed by atoms with Crippen LogP contribution in [-0.4, -0.2) is 8.80 Å². The van der Waals surface area contributed by atoms with Crippen LogP contribution in [0.15, 0.2) is 42.5 Å². The molecule has 1 radical (unpaired) electrons. The minimum Gasteiger partial charge on any atom is -0.205 e. The zero-order chi connectivity index (χ0) is 18.5. The topological polar surface area (TPSA) is 0 Å². The predicted octanol–water partition coefficient (Wildman–Crippen LogP) is 7.64. The van der Waals surface area contributed by atoms with Crippen molar-refractivity contribution in [3.05, 3.63) is 58.9 Å². The van der Waals surface area contributed by atoms with Crippen LogP contribution in [0.5, 0.6) is 0 Å². The molecule has 1 fully saturated rings. The zero-order valence-electron chi connectivity index (χ0n) is 15.9. The van der Waals surface area contributed by atoms with E-state index in [1.54, 1.807) is 6.07 Å². The first-order chi connectivity index (χ1) is 12.5. The van der Waals surface area contributed by atoms with E-state index in [0.29, 0.717) is 0 Å². The summed E-state index contributed by atoms with van der Waals surface area (Å²) in [6.45, 7) is 4.73. The van der Waals surface area contributed by atoms with E-state index in [1.807, 2.05) is 6.07 Å². The average molecular weight is 388 g/mol. The lowest BCUT2D eigenvalue weighted by atomic mass is 9.93. The first-order valence-corrected chi connectivity index (χ1v) is 12.4. The summed E-state index contributed by atoms with van der Waals surface area (Å²) >= 11 is 5.77. The summed E-state index contributed by atoms with van der Waals surface area (Å²) in [5.41, 5.74) is 3.31. The molecule has 0 nitrogen and oxygen atoms in total. The maximum Gasteiger partial charge on any atom is 0.142 e. The Hall–Kier alpha value is -1.12. The average Bonchev–Trinajstić information content (AvgIpc) is 2.63. The van der Waals surface area contributed by atoms with Gasteiger partial charge in [0, 0.05) is 8.80 Å². The molecule has 3 heteroatoms. The van der Waals surface area contributed by atoms with Gasteiger partial charge in [-0.25, -0.2) is 4.39 Å². The maximum absolute atomic E-state index is 13.6. The molecule has 0 atom stereocenters. The van der Waals surface area contributed by atoms with Crippen molar-refractivity contribution in [1.82, 2.24) is 0 Å². The molecule has 3 rings (SSSR count). The summed E-state index contributed by atoms with van der Waals surface area (Å²) in [6.07, 6.45) is 5.37. The van der Waals surface area contributed by atoms with Gasteiger partial charge < -0.3 is 0 Å². The van der Waals surface area contributed by atoms with Crippen LogP contribution in [-0.2, 0) is 6.42 Å². The zero-order valence-corrected chi connectivity index (χ0v) is 17.7. The molecule has 0 amide bonds. The van der Waals surface area contributed by atoms with Crippen LogP contribution in [0, 0.1) is 17.7 Å². The summed E-state index contributed by atoms with van der Waals surface area (Å²) < 4.78 is 13.6. The molecule has 0 aliphatic carbocycles. The number of rotatable bonds is 6. The van der Waals surface area contributed by atoms with E-state index in [-0.39, 0.29) is 19.6 Å².